The fraction of sp³-hybridized carbons (Fsp3) is 0.250. The molecule has 3 aromatic rings. The highest BCUT2D eigenvalue weighted by atomic mass is 14.1. The van der Waals surface area contributed by atoms with Crippen LogP contribution in [0.25, 0.3) is 11.1 Å². The normalized spacial score (nSPS) is 10.7. The molecule has 3 rings (SSSR count). The largest absolute Gasteiger partial charge is 0.0654 e. The summed E-state index contributed by atoms with van der Waals surface area (Å²) in [7, 11) is 0. The quantitative estimate of drug-likeness (QED) is 0.468. The van der Waals surface area contributed by atoms with Crippen molar-refractivity contribution in [1.82, 2.24) is 0 Å². The second-order valence-electron chi connectivity index (χ2n) is 6.49. The third-order valence-electron chi connectivity index (χ3n) is 4.55. The lowest BCUT2D eigenvalue weighted by Gasteiger charge is -2.07. The maximum absolute atomic E-state index is 2.39. The minimum absolute atomic E-state index is 1.10. The minimum atomic E-state index is 1.10. The molecule has 0 heterocycles. The smallest absolute Gasteiger partial charge is 0.0181 e. The van der Waals surface area contributed by atoms with Gasteiger partial charge in [-0.05, 0) is 53.5 Å². The van der Waals surface area contributed by atoms with Crippen LogP contribution in [0.15, 0.2) is 78.9 Å². The average Bonchev–Trinajstić information content (AvgIpc) is 2.66. The third kappa shape index (κ3) is 4.58. The summed E-state index contributed by atoms with van der Waals surface area (Å²) < 4.78 is 0. The van der Waals surface area contributed by atoms with E-state index < -0.39 is 0 Å². The summed E-state index contributed by atoms with van der Waals surface area (Å²) in [5.41, 5.74) is 6.95. The first-order valence-electron chi connectivity index (χ1n) is 9.07. The zero-order valence-corrected chi connectivity index (χ0v) is 14.5. The van der Waals surface area contributed by atoms with Crippen molar-refractivity contribution in [2.45, 2.75) is 39.0 Å². The predicted octanol–water partition coefficient (Wildman–Crippen LogP) is 6.48. The Balaban J connectivity index is 1.67. The van der Waals surface area contributed by atoms with Gasteiger partial charge < -0.3 is 0 Å². The Morgan fingerprint density at radius 3 is 1.83 bits per heavy atom. The second kappa shape index (κ2) is 8.49. The Hall–Kier alpha value is -2.34. The van der Waals surface area contributed by atoms with Gasteiger partial charge in [-0.3, -0.25) is 0 Å². The van der Waals surface area contributed by atoms with Crippen LogP contribution in [0.2, 0.25) is 0 Å². The fourth-order valence-corrected chi connectivity index (χ4v) is 3.15. The molecule has 0 N–H and O–H groups in total. The molecule has 0 spiro atoms. The van der Waals surface area contributed by atoms with Crippen LogP contribution in [0.3, 0.4) is 0 Å². The van der Waals surface area contributed by atoms with E-state index in [4.69, 9.17) is 0 Å². The molecule has 0 radical (unpaired) electrons. The van der Waals surface area contributed by atoms with Crippen LogP contribution in [-0.2, 0) is 19.3 Å². The lowest BCUT2D eigenvalue weighted by atomic mass is 9.98. The van der Waals surface area contributed by atoms with E-state index >= 15 is 0 Å². The molecule has 3 aromatic carbocycles. The first kappa shape index (κ1) is 16.5. The van der Waals surface area contributed by atoms with Crippen molar-refractivity contribution in [1.29, 1.82) is 0 Å². The van der Waals surface area contributed by atoms with Gasteiger partial charge in [0.05, 0.1) is 0 Å². The lowest BCUT2D eigenvalue weighted by Crippen LogP contribution is -1.94. The predicted molar refractivity (Wildman–Crippen MR) is 104 cm³/mol. The Bertz CT molecular complexity index is 756. The van der Waals surface area contributed by atoms with Crippen molar-refractivity contribution >= 4 is 0 Å². The van der Waals surface area contributed by atoms with Gasteiger partial charge in [0.25, 0.3) is 0 Å². The van der Waals surface area contributed by atoms with E-state index in [0.717, 1.165) is 12.8 Å². The maximum atomic E-state index is 2.39. The highest BCUT2D eigenvalue weighted by molar-refractivity contribution is 5.63. The van der Waals surface area contributed by atoms with Crippen molar-refractivity contribution in [2.75, 3.05) is 0 Å². The molecule has 0 atom stereocenters. The monoisotopic (exact) mass is 314 g/mol. The zero-order valence-electron chi connectivity index (χ0n) is 14.5. The highest BCUT2D eigenvalue weighted by Gasteiger charge is 2.01. The Kier molecular flexibility index (Phi) is 5.85. The van der Waals surface area contributed by atoms with Crippen molar-refractivity contribution in [3.05, 3.63) is 95.6 Å². The molecule has 0 fully saturated rings. The van der Waals surface area contributed by atoms with Gasteiger partial charge in [-0.1, -0.05) is 92.2 Å². The Morgan fingerprint density at radius 2 is 1.12 bits per heavy atom. The second-order valence-corrected chi connectivity index (χ2v) is 6.49. The summed E-state index contributed by atoms with van der Waals surface area (Å²) in [6.45, 7) is 2.25. The lowest BCUT2D eigenvalue weighted by molar-refractivity contribution is 0.793. The van der Waals surface area contributed by atoms with Crippen LogP contribution < -0.4 is 0 Å². The SMILES string of the molecule is CCCCc1cccc(CCc2cccc(-c3ccccc3)c2)c1. The van der Waals surface area contributed by atoms with Gasteiger partial charge in [0.1, 0.15) is 0 Å². The van der Waals surface area contributed by atoms with Crippen molar-refractivity contribution < 1.29 is 0 Å². The van der Waals surface area contributed by atoms with Gasteiger partial charge in [0.15, 0.2) is 0 Å². The highest BCUT2D eigenvalue weighted by Crippen LogP contribution is 2.21. The molecule has 0 unspecified atom stereocenters. The first-order chi connectivity index (χ1) is 11.8. The van der Waals surface area contributed by atoms with Gasteiger partial charge in [-0.25, -0.2) is 0 Å². The molecule has 0 aliphatic rings. The van der Waals surface area contributed by atoms with E-state index in [9.17, 15) is 0 Å². The van der Waals surface area contributed by atoms with Crippen LogP contribution >= 0.6 is 0 Å². The van der Waals surface area contributed by atoms with Crippen LogP contribution in [-0.4, -0.2) is 0 Å². The molecule has 0 aliphatic heterocycles. The van der Waals surface area contributed by atoms with Crippen LogP contribution in [0.1, 0.15) is 36.5 Å². The molecule has 0 saturated heterocycles. The van der Waals surface area contributed by atoms with Gasteiger partial charge in [-0.2, -0.15) is 0 Å². The van der Waals surface area contributed by atoms with Crippen molar-refractivity contribution in [2.24, 2.45) is 0 Å². The molecule has 122 valence electrons. The van der Waals surface area contributed by atoms with E-state index in [1.54, 1.807) is 0 Å². The topological polar surface area (TPSA) is 0 Å². The van der Waals surface area contributed by atoms with Gasteiger partial charge in [-0.15, -0.1) is 0 Å². The molecule has 0 aliphatic carbocycles. The summed E-state index contributed by atoms with van der Waals surface area (Å²) in [4.78, 5) is 0. The van der Waals surface area contributed by atoms with Crippen LogP contribution in [0.4, 0.5) is 0 Å². The fourth-order valence-electron chi connectivity index (χ4n) is 3.15. The van der Waals surface area contributed by atoms with Gasteiger partial charge in [0, 0.05) is 0 Å². The van der Waals surface area contributed by atoms with Gasteiger partial charge in [0.2, 0.25) is 0 Å². The third-order valence-corrected chi connectivity index (χ3v) is 4.55. The molecule has 0 bridgehead atoms. The standard InChI is InChI=1S/C24H26/c1-2-3-9-20-10-7-11-21(18-20)16-17-22-12-8-15-24(19-22)23-13-5-4-6-14-23/h4-8,10-15,18-19H,2-3,9,16-17H2,1H3. The number of benzene rings is 3. The number of unbranched alkanes of at least 4 members (excludes halogenated alkanes) is 1. The number of aryl methyl sites for hydroxylation is 3. The summed E-state index contributed by atoms with van der Waals surface area (Å²) in [6.07, 6.45) is 5.95. The Morgan fingerprint density at radius 1 is 0.542 bits per heavy atom. The van der Waals surface area contributed by atoms with E-state index in [0.29, 0.717) is 0 Å². The van der Waals surface area contributed by atoms with E-state index in [1.165, 1.54) is 47.1 Å². The first-order valence-corrected chi connectivity index (χ1v) is 9.07. The molecule has 24 heavy (non-hydrogen) atoms. The van der Waals surface area contributed by atoms with Crippen LogP contribution in [0.5, 0.6) is 0 Å². The van der Waals surface area contributed by atoms with E-state index in [1.807, 2.05) is 0 Å². The molecule has 0 heteroatoms. The zero-order chi connectivity index (χ0) is 16.6. The van der Waals surface area contributed by atoms with Gasteiger partial charge >= 0.3 is 0 Å². The molecular weight excluding hydrogens is 288 g/mol. The van der Waals surface area contributed by atoms with Crippen molar-refractivity contribution in [3.63, 3.8) is 0 Å². The number of hydrogen-bond acceptors (Lipinski definition) is 0. The summed E-state index contributed by atoms with van der Waals surface area (Å²) in [6, 6.07) is 28.7. The average molecular weight is 314 g/mol. The maximum Gasteiger partial charge on any atom is -0.0181 e. The molecule has 0 saturated carbocycles. The minimum Gasteiger partial charge on any atom is -0.0654 e. The van der Waals surface area contributed by atoms with E-state index in [-0.39, 0.29) is 0 Å². The van der Waals surface area contributed by atoms with Crippen LogP contribution in [0, 0.1) is 0 Å². The summed E-state index contributed by atoms with van der Waals surface area (Å²) in [5, 5.41) is 0. The summed E-state index contributed by atoms with van der Waals surface area (Å²) in [5.74, 6) is 0. The molecule has 0 aromatic heterocycles. The van der Waals surface area contributed by atoms with E-state index in [2.05, 4.69) is 85.8 Å². The number of hydrogen-bond donors (Lipinski definition) is 0. The van der Waals surface area contributed by atoms with Crippen molar-refractivity contribution in [3.8, 4) is 11.1 Å². The molecule has 0 amide bonds. The number of rotatable bonds is 7. The molecule has 0 nitrogen and oxygen atoms in total. The Labute approximate surface area is 146 Å². The summed E-state index contributed by atoms with van der Waals surface area (Å²) >= 11 is 0. The molecular formula is C24H26.